The van der Waals surface area contributed by atoms with Gasteiger partial charge in [0.25, 0.3) is 0 Å². The van der Waals surface area contributed by atoms with E-state index < -0.39 is 0 Å². The third kappa shape index (κ3) is 3.46. The Balaban J connectivity index is 1.94. The first kappa shape index (κ1) is 12.4. The molecule has 0 atom stereocenters. The summed E-state index contributed by atoms with van der Waals surface area (Å²) in [6.07, 6.45) is 3.32. The predicted molar refractivity (Wildman–Crippen MR) is 75.0 cm³/mol. The van der Waals surface area contributed by atoms with Crippen molar-refractivity contribution in [1.82, 2.24) is 0 Å². The normalized spacial score (nSPS) is 10.5. The molecule has 0 bridgehead atoms. The number of hydrogen-bond acceptors (Lipinski definition) is 3. The van der Waals surface area contributed by atoms with Crippen molar-refractivity contribution >= 4 is 29.0 Å². The topological polar surface area (TPSA) is 38.3 Å². The number of ether oxygens (including phenoxy) is 1. The summed E-state index contributed by atoms with van der Waals surface area (Å²) in [6, 6.07) is 11.1. The third-order valence-electron chi connectivity index (χ3n) is 2.30. The molecule has 4 heteroatoms. The van der Waals surface area contributed by atoms with Crippen LogP contribution in [-0.2, 0) is 4.79 Å². The zero-order valence-electron chi connectivity index (χ0n) is 9.92. The number of thiophene rings is 1. The van der Waals surface area contributed by atoms with Crippen LogP contribution in [0.5, 0.6) is 5.75 Å². The number of methoxy groups -OCH3 is 1. The van der Waals surface area contributed by atoms with Crippen molar-refractivity contribution in [3.05, 3.63) is 52.7 Å². The summed E-state index contributed by atoms with van der Waals surface area (Å²) in [6.45, 7) is 0. The lowest BCUT2D eigenvalue weighted by atomic mass is 10.3. The first-order valence-corrected chi connectivity index (χ1v) is 6.32. The summed E-state index contributed by atoms with van der Waals surface area (Å²) in [7, 11) is 1.61. The largest absolute Gasteiger partial charge is 0.497 e. The number of amides is 1. The number of anilines is 1. The van der Waals surface area contributed by atoms with Gasteiger partial charge < -0.3 is 10.1 Å². The van der Waals surface area contributed by atoms with E-state index in [2.05, 4.69) is 5.32 Å². The second-order valence-corrected chi connectivity index (χ2v) is 4.55. The minimum absolute atomic E-state index is 0.145. The second kappa shape index (κ2) is 6.02. The molecule has 0 aliphatic carbocycles. The van der Waals surface area contributed by atoms with Crippen LogP contribution in [0.2, 0.25) is 0 Å². The van der Waals surface area contributed by atoms with Gasteiger partial charge >= 0.3 is 0 Å². The molecule has 3 nitrogen and oxygen atoms in total. The molecule has 1 heterocycles. The minimum Gasteiger partial charge on any atom is -0.497 e. The molecule has 92 valence electrons. The fourth-order valence-corrected chi connectivity index (χ4v) is 2.02. The van der Waals surface area contributed by atoms with Gasteiger partial charge in [0.05, 0.1) is 7.11 Å². The molecular formula is C14H13NO2S. The molecule has 0 unspecified atom stereocenters. The van der Waals surface area contributed by atoms with Crippen molar-refractivity contribution in [2.45, 2.75) is 0 Å². The highest BCUT2D eigenvalue weighted by Gasteiger charge is 1.98. The van der Waals surface area contributed by atoms with Crippen LogP contribution in [-0.4, -0.2) is 13.0 Å². The quantitative estimate of drug-likeness (QED) is 0.854. The van der Waals surface area contributed by atoms with Gasteiger partial charge in [0.15, 0.2) is 0 Å². The highest BCUT2D eigenvalue weighted by Crippen LogP contribution is 2.15. The third-order valence-corrected chi connectivity index (χ3v) is 3.14. The Morgan fingerprint density at radius 2 is 2.06 bits per heavy atom. The first-order chi connectivity index (χ1) is 8.78. The molecule has 1 aromatic heterocycles. The summed E-state index contributed by atoms with van der Waals surface area (Å²) < 4.78 is 5.05. The lowest BCUT2D eigenvalue weighted by Crippen LogP contribution is -2.07. The Bertz CT molecular complexity index is 529. The van der Waals surface area contributed by atoms with E-state index in [1.54, 1.807) is 48.8 Å². The molecule has 2 rings (SSSR count). The van der Waals surface area contributed by atoms with E-state index in [0.717, 1.165) is 16.3 Å². The minimum atomic E-state index is -0.145. The summed E-state index contributed by atoms with van der Waals surface area (Å²) in [5, 5.41) is 4.75. The molecule has 1 N–H and O–H groups in total. The smallest absolute Gasteiger partial charge is 0.248 e. The van der Waals surface area contributed by atoms with E-state index in [0.29, 0.717) is 0 Å². The van der Waals surface area contributed by atoms with E-state index in [9.17, 15) is 4.79 Å². The van der Waals surface area contributed by atoms with Crippen molar-refractivity contribution in [3.63, 3.8) is 0 Å². The first-order valence-electron chi connectivity index (χ1n) is 5.44. The molecule has 0 aliphatic heterocycles. The van der Waals surface area contributed by atoms with Gasteiger partial charge in [-0.25, -0.2) is 0 Å². The van der Waals surface area contributed by atoms with Crippen molar-refractivity contribution in [3.8, 4) is 5.75 Å². The van der Waals surface area contributed by atoms with Crippen LogP contribution < -0.4 is 10.1 Å². The maximum absolute atomic E-state index is 11.6. The van der Waals surface area contributed by atoms with Gasteiger partial charge in [0, 0.05) is 16.6 Å². The number of nitrogens with one attached hydrogen (secondary N) is 1. The molecule has 0 spiro atoms. The van der Waals surface area contributed by atoms with Gasteiger partial charge in [-0.1, -0.05) is 6.07 Å². The zero-order chi connectivity index (χ0) is 12.8. The van der Waals surface area contributed by atoms with E-state index in [1.807, 2.05) is 17.5 Å². The van der Waals surface area contributed by atoms with E-state index in [-0.39, 0.29) is 5.91 Å². The number of carbonyl (C=O) groups excluding carboxylic acids is 1. The van der Waals surface area contributed by atoms with Crippen LogP contribution in [0.4, 0.5) is 5.69 Å². The molecule has 18 heavy (non-hydrogen) atoms. The van der Waals surface area contributed by atoms with Gasteiger partial charge in [-0.15, -0.1) is 11.3 Å². The SMILES string of the molecule is COc1ccc(NC(=O)/C=C/c2cccs2)cc1. The fourth-order valence-electron chi connectivity index (χ4n) is 1.40. The van der Waals surface area contributed by atoms with Crippen molar-refractivity contribution in [1.29, 1.82) is 0 Å². The molecule has 2 aromatic rings. The van der Waals surface area contributed by atoms with Gasteiger partial charge in [-0.3, -0.25) is 4.79 Å². The Kier molecular flexibility index (Phi) is 4.15. The van der Waals surface area contributed by atoms with E-state index in [4.69, 9.17) is 4.74 Å². The van der Waals surface area contributed by atoms with Crippen LogP contribution >= 0.6 is 11.3 Å². The molecule has 0 saturated carbocycles. The van der Waals surface area contributed by atoms with Crippen LogP contribution in [0.1, 0.15) is 4.88 Å². The van der Waals surface area contributed by atoms with E-state index in [1.165, 1.54) is 6.08 Å². The molecule has 0 radical (unpaired) electrons. The molecule has 0 fully saturated rings. The zero-order valence-corrected chi connectivity index (χ0v) is 10.7. The van der Waals surface area contributed by atoms with Crippen LogP contribution in [0, 0.1) is 0 Å². The summed E-state index contributed by atoms with van der Waals surface area (Å²) in [5.41, 5.74) is 0.747. The summed E-state index contributed by atoms with van der Waals surface area (Å²) in [4.78, 5) is 12.7. The molecule has 1 aromatic carbocycles. The number of hydrogen-bond donors (Lipinski definition) is 1. The molecular weight excluding hydrogens is 246 g/mol. The van der Waals surface area contributed by atoms with Crippen LogP contribution in [0.15, 0.2) is 47.9 Å². The predicted octanol–water partition coefficient (Wildman–Crippen LogP) is 3.41. The Morgan fingerprint density at radius 3 is 2.67 bits per heavy atom. The van der Waals surface area contributed by atoms with Gasteiger partial charge in [0.1, 0.15) is 5.75 Å². The van der Waals surface area contributed by atoms with Crippen LogP contribution in [0.3, 0.4) is 0 Å². The van der Waals surface area contributed by atoms with Crippen molar-refractivity contribution in [2.24, 2.45) is 0 Å². The molecule has 0 saturated heterocycles. The van der Waals surface area contributed by atoms with Crippen molar-refractivity contribution < 1.29 is 9.53 Å². The summed E-state index contributed by atoms with van der Waals surface area (Å²) >= 11 is 1.59. The monoisotopic (exact) mass is 259 g/mol. The van der Waals surface area contributed by atoms with Gasteiger partial charge in [0.2, 0.25) is 5.91 Å². The highest BCUT2D eigenvalue weighted by molar-refractivity contribution is 7.10. The van der Waals surface area contributed by atoms with E-state index >= 15 is 0 Å². The number of rotatable bonds is 4. The average Bonchev–Trinajstić information content (AvgIpc) is 2.90. The lowest BCUT2D eigenvalue weighted by molar-refractivity contribution is -0.111. The van der Waals surface area contributed by atoms with Gasteiger partial charge in [-0.05, 0) is 41.8 Å². The standard InChI is InChI=1S/C14H13NO2S/c1-17-12-6-4-11(5-7-12)15-14(16)9-8-13-3-2-10-18-13/h2-10H,1H3,(H,15,16)/b9-8+. The number of benzene rings is 1. The highest BCUT2D eigenvalue weighted by atomic mass is 32.1. The Morgan fingerprint density at radius 1 is 1.28 bits per heavy atom. The molecule has 0 aliphatic rings. The summed E-state index contributed by atoms with van der Waals surface area (Å²) in [5.74, 6) is 0.621. The molecule has 1 amide bonds. The Hall–Kier alpha value is -2.07. The second-order valence-electron chi connectivity index (χ2n) is 3.57. The lowest BCUT2D eigenvalue weighted by Gasteiger charge is -2.03. The number of carbonyl (C=O) groups is 1. The van der Waals surface area contributed by atoms with Crippen LogP contribution in [0.25, 0.3) is 6.08 Å². The van der Waals surface area contributed by atoms with Crippen molar-refractivity contribution in [2.75, 3.05) is 12.4 Å². The fraction of sp³-hybridized carbons (Fsp3) is 0.0714. The average molecular weight is 259 g/mol. The van der Waals surface area contributed by atoms with Gasteiger partial charge in [-0.2, -0.15) is 0 Å². The maximum Gasteiger partial charge on any atom is 0.248 e. The maximum atomic E-state index is 11.6. The Labute approximate surface area is 110 Å².